The van der Waals surface area contributed by atoms with Gasteiger partial charge in [0, 0.05) is 12.7 Å². The van der Waals surface area contributed by atoms with Gasteiger partial charge in [-0.05, 0) is 88.1 Å². The molecule has 1 fully saturated rings. The molecule has 1 aromatic heterocycles. The fourth-order valence-corrected chi connectivity index (χ4v) is 3.67. The molecule has 0 radical (unpaired) electrons. The summed E-state index contributed by atoms with van der Waals surface area (Å²) in [6.07, 6.45) is 5.78. The van der Waals surface area contributed by atoms with E-state index in [4.69, 9.17) is 4.74 Å². The van der Waals surface area contributed by atoms with E-state index >= 15 is 0 Å². The summed E-state index contributed by atoms with van der Waals surface area (Å²) in [5, 5.41) is 3.58. The number of pyridine rings is 1. The zero-order chi connectivity index (χ0) is 18.2. The largest absolute Gasteiger partial charge is 0.487 e. The Labute approximate surface area is 157 Å². The standard InChI is InChI=1S/C22H31N3O/c1-18-14-20(16-23-9-7-13-25-11-5-6-12-25)15-19(2)22(18)26-17-21-8-3-4-10-24-21/h3-4,8,10,14-15,23H,5-7,9,11-13,16-17H2,1-2H3. The Morgan fingerprint density at radius 1 is 1.12 bits per heavy atom. The highest BCUT2D eigenvalue weighted by atomic mass is 16.5. The zero-order valence-electron chi connectivity index (χ0n) is 16.1. The van der Waals surface area contributed by atoms with Crippen LogP contribution in [0.5, 0.6) is 5.75 Å². The van der Waals surface area contributed by atoms with Crippen LogP contribution in [-0.4, -0.2) is 36.1 Å². The summed E-state index contributed by atoms with van der Waals surface area (Å²) in [5.41, 5.74) is 4.66. The molecule has 0 bridgehead atoms. The molecule has 1 aliphatic heterocycles. The first-order valence-electron chi connectivity index (χ1n) is 9.78. The van der Waals surface area contributed by atoms with Gasteiger partial charge >= 0.3 is 0 Å². The molecule has 2 heterocycles. The molecule has 0 saturated carbocycles. The first-order chi connectivity index (χ1) is 12.7. The molecule has 140 valence electrons. The minimum Gasteiger partial charge on any atom is -0.487 e. The molecule has 3 rings (SSSR count). The van der Waals surface area contributed by atoms with E-state index in [1.165, 1.54) is 55.6 Å². The topological polar surface area (TPSA) is 37.4 Å². The van der Waals surface area contributed by atoms with Crippen LogP contribution in [-0.2, 0) is 13.2 Å². The van der Waals surface area contributed by atoms with Gasteiger partial charge in [0.15, 0.2) is 0 Å². The van der Waals surface area contributed by atoms with E-state index in [9.17, 15) is 0 Å². The van der Waals surface area contributed by atoms with Gasteiger partial charge in [0.2, 0.25) is 0 Å². The number of benzene rings is 1. The van der Waals surface area contributed by atoms with E-state index < -0.39 is 0 Å². The van der Waals surface area contributed by atoms with Gasteiger partial charge in [-0.3, -0.25) is 4.98 Å². The minimum absolute atomic E-state index is 0.511. The summed E-state index contributed by atoms with van der Waals surface area (Å²) in [7, 11) is 0. The van der Waals surface area contributed by atoms with Crippen LogP contribution in [0.2, 0.25) is 0 Å². The summed E-state index contributed by atoms with van der Waals surface area (Å²) < 4.78 is 6.02. The SMILES string of the molecule is Cc1cc(CNCCCN2CCCC2)cc(C)c1OCc1ccccn1. The number of ether oxygens (including phenoxy) is 1. The predicted molar refractivity (Wildman–Crippen MR) is 106 cm³/mol. The lowest BCUT2D eigenvalue weighted by atomic mass is 10.1. The van der Waals surface area contributed by atoms with Crippen molar-refractivity contribution in [3.8, 4) is 5.75 Å². The van der Waals surface area contributed by atoms with E-state index in [2.05, 4.69) is 41.2 Å². The van der Waals surface area contributed by atoms with Gasteiger partial charge in [-0.1, -0.05) is 18.2 Å². The van der Waals surface area contributed by atoms with E-state index in [0.717, 1.165) is 24.5 Å². The molecular formula is C22H31N3O. The summed E-state index contributed by atoms with van der Waals surface area (Å²) in [4.78, 5) is 6.89. The third-order valence-corrected chi connectivity index (χ3v) is 4.97. The maximum absolute atomic E-state index is 6.02. The highest BCUT2D eigenvalue weighted by Gasteiger charge is 2.10. The van der Waals surface area contributed by atoms with Crippen LogP contribution in [0.3, 0.4) is 0 Å². The molecular weight excluding hydrogens is 322 g/mol. The van der Waals surface area contributed by atoms with Crippen molar-refractivity contribution in [2.45, 2.75) is 46.3 Å². The van der Waals surface area contributed by atoms with Crippen LogP contribution in [0, 0.1) is 13.8 Å². The monoisotopic (exact) mass is 353 g/mol. The van der Waals surface area contributed by atoms with Crippen LogP contribution in [0.1, 0.15) is 41.6 Å². The van der Waals surface area contributed by atoms with Crippen LogP contribution >= 0.6 is 0 Å². The number of aryl methyl sites for hydroxylation is 2. The van der Waals surface area contributed by atoms with Crippen molar-refractivity contribution < 1.29 is 4.74 Å². The number of rotatable bonds is 9. The smallest absolute Gasteiger partial charge is 0.130 e. The molecule has 0 aliphatic carbocycles. The molecule has 4 heteroatoms. The average molecular weight is 354 g/mol. The predicted octanol–water partition coefficient (Wildman–Crippen LogP) is 3.85. The first kappa shape index (κ1) is 18.9. The Morgan fingerprint density at radius 3 is 2.58 bits per heavy atom. The second kappa shape index (κ2) is 9.70. The van der Waals surface area contributed by atoms with Crippen molar-refractivity contribution in [3.05, 3.63) is 58.9 Å². The number of hydrogen-bond acceptors (Lipinski definition) is 4. The van der Waals surface area contributed by atoms with Crippen molar-refractivity contribution in [2.75, 3.05) is 26.2 Å². The van der Waals surface area contributed by atoms with Crippen LogP contribution in [0.4, 0.5) is 0 Å². The Balaban J connectivity index is 1.45. The highest BCUT2D eigenvalue weighted by molar-refractivity contribution is 5.43. The van der Waals surface area contributed by atoms with Gasteiger partial charge in [0.1, 0.15) is 12.4 Å². The third kappa shape index (κ3) is 5.55. The lowest BCUT2D eigenvalue weighted by Gasteiger charge is -2.16. The fourth-order valence-electron chi connectivity index (χ4n) is 3.67. The third-order valence-electron chi connectivity index (χ3n) is 4.97. The second-order valence-electron chi connectivity index (χ2n) is 7.25. The highest BCUT2D eigenvalue weighted by Crippen LogP contribution is 2.25. The number of nitrogens with zero attached hydrogens (tertiary/aromatic N) is 2. The van der Waals surface area contributed by atoms with Crippen molar-refractivity contribution in [2.24, 2.45) is 0 Å². The van der Waals surface area contributed by atoms with Crippen LogP contribution in [0.25, 0.3) is 0 Å². The van der Waals surface area contributed by atoms with Gasteiger partial charge in [0.05, 0.1) is 5.69 Å². The van der Waals surface area contributed by atoms with E-state index in [-0.39, 0.29) is 0 Å². The number of nitrogens with one attached hydrogen (secondary N) is 1. The van der Waals surface area contributed by atoms with Crippen LogP contribution < -0.4 is 10.1 Å². The Morgan fingerprint density at radius 2 is 1.88 bits per heavy atom. The molecule has 2 aromatic rings. The fraction of sp³-hybridized carbons (Fsp3) is 0.500. The van der Waals surface area contributed by atoms with Crippen molar-refractivity contribution in [3.63, 3.8) is 0 Å². The molecule has 26 heavy (non-hydrogen) atoms. The van der Waals surface area contributed by atoms with E-state index in [1.54, 1.807) is 6.20 Å². The normalized spacial score (nSPS) is 14.7. The molecule has 1 aromatic carbocycles. The summed E-state index contributed by atoms with van der Waals surface area (Å²) in [5.74, 6) is 0.980. The van der Waals surface area contributed by atoms with Gasteiger partial charge in [-0.2, -0.15) is 0 Å². The molecule has 0 spiro atoms. The molecule has 4 nitrogen and oxygen atoms in total. The Hall–Kier alpha value is -1.91. The zero-order valence-corrected chi connectivity index (χ0v) is 16.1. The molecule has 1 saturated heterocycles. The van der Waals surface area contributed by atoms with Crippen molar-refractivity contribution in [1.29, 1.82) is 0 Å². The first-order valence-corrected chi connectivity index (χ1v) is 9.78. The quantitative estimate of drug-likeness (QED) is 0.695. The molecule has 1 aliphatic rings. The minimum atomic E-state index is 0.511. The van der Waals surface area contributed by atoms with Gasteiger partial charge in [-0.25, -0.2) is 0 Å². The van der Waals surface area contributed by atoms with Gasteiger partial charge < -0.3 is 15.0 Å². The lowest BCUT2D eigenvalue weighted by Crippen LogP contribution is -2.24. The molecule has 0 atom stereocenters. The van der Waals surface area contributed by atoms with E-state index in [1.807, 2.05) is 18.2 Å². The second-order valence-corrected chi connectivity index (χ2v) is 7.25. The molecule has 1 N–H and O–H groups in total. The summed E-state index contributed by atoms with van der Waals surface area (Å²) in [6.45, 7) is 10.6. The maximum atomic E-state index is 6.02. The van der Waals surface area contributed by atoms with Gasteiger partial charge in [0.25, 0.3) is 0 Å². The number of aromatic nitrogens is 1. The summed E-state index contributed by atoms with van der Waals surface area (Å²) in [6, 6.07) is 10.4. The van der Waals surface area contributed by atoms with E-state index in [0.29, 0.717) is 6.61 Å². The lowest BCUT2D eigenvalue weighted by molar-refractivity contribution is 0.297. The summed E-state index contributed by atoms with van der Waals surface area (Å²) >= 11 is 0. The van der Waals surface area contributed by atoms with Gasteiger partial charge in [-0.15, -0.1) is 0 Å². The number of hydrogen-bond donors (Lipinski definition) is 1. The van der Waals surface area contributed by atoms with Crippen molar-refractivity contribution in [1.82, 2.24) is 15.2 Å². The Bertz CT molecular complexity index is 658. The van der Waals surface area contributed by atoms with Crippen LogP contribution in [0.15, 0.2) is 36.5 Å². The Kier molecular flexibility index (Phi) is 7.04. The molecule has 0 amide bonds. The molecule has 0 unspecified atom stereocenters. The van der Waals surface area contributed by atoms with Crippen molar-refractivity contribution >= 4 is 0 Å². The average Bonchev–Trinajstić information content (AvgIpc) is 3.15. The maximum Gasteiger partial charge on any atom is 0.130 e. The number of likely N-dealkylation sites (tertiary alicyclic amines) is 1.